The second-order valence-electron chi connectivity index (χ2n) is 6.47. The standard InChI is InChI=1S/C20H22F2N6O2S/c1-3-28(4-2)31(29,30)15-8-6-14(7-9-15)26-19-18(23)20(25-12-24-19)27-17-10-5-13(21)11-16(17)22/h5-12H,3-4,23H2,1-2H3,(H2,24,25,26,27). The molecule has 0 amide bonds. The van der Waals surface area contributed by atoms with Gasteiger partial charge in [0.2, 0.25) is 10.0 Å². The fourth-order valence-electron chi connectivity index (χ4n) is 2.87. The summed E-state index contributed by atoms with van der Waals surface area (Å²) < 4.78 is 53.5. The maximum Gasteiger partial charge on any atom is 0.243 e. The van der Waals surface area contributed by atoms with E-state index in [9.17, 15) is 17.2 Å². The highest BCUT2D eigenvalue weighted by molar-refractivity contribution is 7.89. The quantitative estimate of drug-likeness (QED) is 0.480. The molecule has 0 aliphatic rings. The predicted molar refractivity (Wildman–Crippen MR) is 116 cm³/mol. The summed E-state index contributed by atoms with van der Waals surface area (Å²) >= 11 is 0. The molecule has 0 spiro atoms. The number of hydrogen-bond acceptors (Lipinski definition) is 7. The average Bonchev–Trinajstić information content (AvgIpc) is 2.74. The van der Waals surface area contributed by atoms with Gasteiger partial charge in [-0.05, 0) is 36.4 Å². The molecule has 0 unspecified atom stereocenters. The van der Waals surface area contributed by atoms with Crippen LogP contribution in [0.5, 0.6) is 0 Å². The Kier molecular flexibility index (Phi) is 6.66. The number of rotatable bonds is 8. The Bertz CT molecular complexity index is 1170. The molecule has 11 heteroatoms. The van der Waals surface area contributed by atoms with Gasteiger partial charge in [0.05, 0.1) is 10.6 Å². The molecular formula is C20H22F2N6O2S. The molecule has 4 N–H and O–H groups in total. The molecule has 1 aromatic heterocycles. The molecule has 0 aliphatic heterocycles. The van der Waals surface area contributed by atoms with Crippen molar-refractivity contribution in [2.75, 3.05) is 29.5 Å². The number of benzene rings is 2. The van der Waals surface area contributed by atoms with Crippen molar-refractivity contribution in [2.45, 2.75) is 18.7 Å². The lowest BCUT2D eigenvalue weighted by atomic mass is 10.3. The van der Waals surface area contributed by atoms with E-state index >= 15 is 0 Å². The van der Waals surface area contributed by atoms with Crippen LogP contribution in [0.2, 0.25) is 0 Å². The minimum atomic E-state index is -3.56. The van der Waals surface area contributed by atoms with Gasteiger partial charge in [0.25, 0.3) is 0 Å². The van der Waals surface area contributed by atoms with Crippen LogP contribution in [0.1, 0.15) is 13.8 Å². The Balaban J connectivity index is 1.81. The van der Waals surface area contributed by atoms with Gasteiger partial charge in [-0.25, -0.2) is 27.2 Å². The van der Waals surface area contributed by atoms with Crippen LogP contribution < -0.4 is 16.4 Å². The van der Waals surface area contributed by atoms with Crippen molar-refractivity contribution in [1.82, 2.24) is 14.3 Å². The SMILES string of the molecule is CCN(CC)S(=O)(=O)c1ccc(Nc2ncnc(Nc3ccc(F)cc3F)c2N)cc1. The van der Waals surface area contributed by atoms with Gasteiger partial charge in [-0.3, -0.25) is 0 Å². The lowest BCUT2D eigenvalue weighted by Crippen LogP contribution is -2.30. The topological polar surface area (TPSA) is 113 Å². The third-order valence-corrected chi connectivity index (χ3v) is 6.59. The van der Waals surface area contributed by atoms with Crippen molar-refractivity contribution in [2.24, 2.45) is 0 Å². The number of nitrogens with two attached hydrogens (primary N) is 1. The van der Waals surface area contributed by atoms with Gasteiger partial charge >= 0.3 is 0 Å². The van der Waals surface area contributed by atoms with Crippen LogP contribution in [0.4, 0.5) is 37.5 Å². The number of nitrogens with zero attached hydrogens (tertiary/aromatic N) is 3. The van der Waals surface area contributed by atoms with Crippen LogP contribution in [0.25, 0.3) is 0 Å². The zero-order chi connectivity index (χ0) is 22.6. The monoisotopic (exact) mass is 448 g/mol. The number of anilines is 5. The second-order valence-corrected chi connectivity index (χ2v) is 8.41. The molecule has 0 fully saturated rings. The normalized spacial score (nSPS) is 11.5. The van der Waals surface area contributed by atoms with E-state index in [1.807, 2.05) is 0 Å². The fraction of sp³-hybridized carbons (Fsp3) is 0.200. The van der Waals surface area contributed by atoms with Gasteiger partial charge < -0.3 is 16.4 Å². The number of nitrogens with one attached hydrogen (secondary N) is 2. The molecule has 0 radical (unpaired) electrons. The Morgan fingerprint density at radius 1 is 0.968 bits per heavy atom. The second kappa shape index (κ2) is 9.23. The van der Waals surface area contributed by atoms with Crippen LogP contribution in [0, 0.1) is 11.6 Å². The molecule has 8 nitrogen and oxygen atoms in total. The summed E-state index contributed by atoms with van der Waals surface area (Å²) in [6, 6.07) is 9.23. The molecule has 3 aromatic rings. The third-order valence-electron chi connectivity index (χ3n) is 4.53. The zero-order valence-electron chi connectivity index (χ0n) is 16.9. The molecule has 0 saturated carbocycles. The number of aromatic nitrogens is 2. The average molecular weight is 448 g/mol. The summed E-state index contributed by atoms with van der Waals surface area (Å²) in [7, 11) is -3.56. The van der Waals surface area contributed by atoms with E-state index in [2.05, 4.69) is 20.6 Å². The Labute approximate surface area is 179 Å². The van der Waals surface area contributed by atoms with E-state index in [0.29, 0.717) is 18.8 Å². The van der Waals surface area contributed by atoms with Crippen LogP contribution >= 0.6 is 0 Å². The van der Waals surface area contributed by atoms with Crippen LogP contribution in [0.15, 0.2) is 53.7 Å². The molecule has 0 bridgehead atoms. The minimum Gasteiger partial charge on any atom is -0.393 e. The lowest BCUT2D eigenvalue weighted by Gasteiger charge is -2.18. The summed E-state index contributed by atoms with van der Waals surface area (Å²) in [5.41, 5.74) is 6.74. The highest BCUT2D eigenvalue weighted by atomic mass is 32.2. The van der Waals surface area contributed by atoms with Gasteiger partial charge in [-0.15, -0.1) is 0 Å². The van der Waals surface area contributed by atoms with Gasteiger partial charge in [-0.1, -0.05) is 13.8 Å². The van der Waals surface area contributed by atoms with Gasteiger partial charge in [0.1, 0.15) is 23.6 Å². The van der Waals surface area contributed by atoms with Crippen molar-refractivity contribution in [3.05, 3.63) is 60.4 Å². The summed E-state index contributed by atoms with van der Waals surface area (Å²) in [6.07, 6.45) is 1.22. The van der Waals surface area contributed by atoms with Gasteiger partial charge in [0, 0.05) is 24.8 Å². The minimum absolute atomic E-state index is 0.00344. The van der Waals surface area contributed by atoms with Crippen LogP contribution in [-0.2, 0) is 10.0 Å². The smallest absolute Gasteiger partial charge is 0.243 e. The number of hydrogen-bond donors (Lipinski definition) is 3. The fourth-order valence-corrected chi connectivity index (χ4v) is 4.33. The zero-order valence-corrected chi connectivity index (χ0v) is 17.7. The molecule has 0 saturated heterocycles. The van der Waals surface area contributed by atoms with Crippen LogP contribution in [0.3, 0.4) is 0 Å². The van der Waals surface area contributed by atoms with E-state index in [1.54, 1.807) is 26.0 Å². The first-order valence-electron chi connectivity index (χ1n) is 9.46. The summed E-state index contributed by atoms with van der Waals surface area (Å²) in [4.78, 5) is 8.24. The summed E-state index contributed by atoms with van der Waals surface area (Å²) in [6.45, 7) is 4.30. The van der Waals surface area contributed by atoms with E-state index in [1.165, 1.54) is 28.8 Å². The number of nitrogen functional groups attached to an aromatic ring is 1. The van der Waals surface area contributed by atoms with E-state index in [-0.39, 0.29) is 27.9 Å². The molecule has 31 heavy (non-hydrogen) atoms. The predicted octanol–water partition coefficient (Wildman–Crippen LogP) is 3.85. The Morgan fingerprint density at radius 3 is 2.16 bits per heavy atom. The van der Waals surface area contributed by atoms with Crippen molar-refractivity contribution < 1.29 is 17.2 Å². The first-order chi connectivity index (χ1) is 14.8. The van der Waals surface area contributed by atoms with E-state index in [0.717, 1.165) is 12.1 Å². The molecule has 1 heterocycles. The maximum atomic E-state index is 13.9. The van der Waals surface area contributed by atoms with Crippen LogP contribution in [-0.4, -0.2) is 35.8 Å². The molecule has 0 atom stereocenters. The van der Waals surface area contributed by atoms with Crippen molar-refractivity contribution in [3.63, 3.8) is 0 Å². The van der Waals surface area contributed by atoms with Gasteiger partial charge in [0.15, 0.2) is 11.6 Å². The molecule has 0 aliphatic carbocycles. The van der Waals surface area contributed by atoms with Crippen molar-refractivity contribution in [3.8, 4) is 0 Å². The molecule has 2 aromatic carbocycles. The Morgan fingerprint density at radius 2 is 1.58 bits per heavy atom. The highest BCUT2D eigenvalue weighted by Crippen LogP contribution is 2.29. The van der Waals surface area contributed by atoms with Crippen molar-refractivity contribution >= 4 is 38.7 Å². The first-order valence-corrected chi connectivity index (χ1v) is 10.9. The largest absolute Gasteiger partial charge is 0.393 e. The van der Waals surface area contributed by atoms with Crippen molar-refractivity contribution in [1.29, 1.82) is 0 Å². The van der Waals surface area contributed by atoms with E-state index < -0.39 is 21.7 Å². The molecule has 164 valence electrons. The molecule has 3 rings (SSSR count). The number of sulfonamides is 1. The first kappa shape index (κ1) is 22.4. The van der Waals surface area contributed by atoms with E-state index in [4.69, 9.17) is 5.73 Å². The summed E-state index contributed by atoms with van der Waals surface area (Å²) in [5, 5.41) is 5.69. The van der Waals surface area contributed by atoms with Gasteiger partial charge in [-0.2, -0.15) is 4.31 Å². The highest BCUT2D eigenvalue weighted by Gasteiger charge is 2.21. The maximum absolute atomic E-state index is 13.9. The summed E-state index contributed by atoms with van der Waals surface area (Å²) in [5.74, 6) is -1.13. The third kappa shape index (κ3) is 4.89. The number of halogens is 2. The lowest BCUT2D eigenvalue weighted by molar-refractivity contribution is 0.445. The Hall–Kier alpha value is -3.31. The molecular weight excluding hydrogens is 426 g/mol.